The van der Waals surface area contributed by atoms with Crippen molar-refractivity contribution in [3.8, 4) is 0 Å². The summed E-state index contributed by atoms with van der Waals surface area (Å²) in [5.41, 5.74) is 1.79. The fourth-order valence-corrected chi connectivity index (χ4v) is 2.08. The van der Waals surface area contributed by atoms with Crippen LogP contribution in [-0.2, 0) is 27.4 Å². The zero-order valence-electron chi connectivity index (χ0n) is 13.1. The van der Waals surface area contributed by atoms with E-state index in [1.165, 1.54) is 12.3 Å². The average molecular weight is 325 g/mol. The largest absolute Gasteiger partial charge is 0.480 e. The quantitative estimate of drug-likeness (QED) is 0.576. The molecule has 0 fully saturated rings. The van der Waals surface area contributed by atoms with Gasteiger partial charge in [0.2, 0.25) is 0 Å². The molecule has 2 rings (SSSR count). The molecule has 0 radical (unpaired) electrons. The molecule has 2 aromatic carbocycles. The maximum atomic E-state index is 11.6. The van der Waals surface area contributed by atoms with Crippen LogP contribution in [0, 0.1) is 0 Å². The fraction of sp³-hybridized carbons (Fsp3) is 0.158. The van der Waals surface area contributed by atoms with Crippen LogP contribution < -0.4 is 5.32 Å². The third kappa shape index (κ3) is 5.96. The highest BCUT2D eigenvalue weighted by Crippen LogP contribution is 2.04. The van der Waals surface area contributed by atoms with Crippen molar-refractivity contribution in [1.29, 1.82) is 0 Å². The number of carboxylic acids is 1. The Morgan fingerprint density at radius 1 is 1.00 bits per heavy atom. The van der Waals surface area contributed by atoms with Gasteiger partial charge in [0, 0.05) is 18.7 Å². The van der Waals surface area contributed by atoms with Gasteiger partial charge in [-0.25, -0.2) is 9.59 Å². The highest BCUT2D eigenvalue weighted by atomic mass is 16.5. The summed E-state index contributed by atoms with van der Waals surface area (Å²) >= 11 is 0. The Morgan fingerprint density at radius 2 is 1.58 bits per heavy atom. The third-order valence-corrected chi connectivity index (χ3v) is 3.32. The topological polar surface area (TPSA) is 75.6 Å². The number of benzene rings is 2. The maximum absolute atomic E-state index is 11.6. The smallest absolute Gasteiger partial charge is 0.332 e. The van der Waals surface area contributed by atoms with Crippen LogP contribution in [0.5, 0.6) is 0 Å². The summed E-state index contributed by atoms with van der Waals surface area (Å²) in [5, 5.41) is 12.0. The molecular weight excluding hydrogens is 306 g/mol. The van der Waals surface area contributed by atoms with Crippen molar-refractivity contribution in [3.05, 3.63) is 84.1 Å². The number of aliphatic carboxylic acids is 1. The van der Waals surface area contributed by atoms with E-state index in [0.29, 0.717) is 6.42 Å². The van der Waals surface area contributed by atoms with Crippen LogP contribution in [0.2, 0.25) is 0 Å². The van der Waals surface area contributed by atoms with Crippen LogP contribution in [0.4, 0.5) is 0 Å². The van der Waals surface area contributed by atoms with Crippen molar-refractivity contribution in [2.24, 2.45) is 0 Å². The summed E-state index contributed by atoms with van der Waals surface area (Å²) in [6.07, 6.45) is 2.82. The molecule has 0 spiro atoms. The minimum Gasteiger partial charge on any atom is -0.480 e. The summed E-state index contributed by atoms with van der Waals surface area (Å²) in [6, 6.07) is 17.8. The number of carboxylic acid groups (broad SMARTS) is 1. The summed E-state index contributed by atoms with van der Waals surface area (Å²) in [4.78, 5) is 22.9. The Morgan fingerprint density at radius 3 is 2.17 bits per heavy atom. The normalized spacial score (nSPS) is 11.8. The first-order valence-corrected chi connectivity index (χ1v) is 7.55. The first-order chi connectivity index (χ1) is 11.6. The van der Waals surface area contributed by atoms with E-state index in [0.717, 1.165) is 11.1 Å². The van der Waals surface area contributed by atoms with Gasteiger partial charge in [-0.2, -0.15) is 0 Å². The van der Waals surface area contributed by atoms with Gasteiger partial charge < -0.3 is 15.2 Å². The molecule has 2 N–H and O–H groups in total. The van der Waals surface area contributed by atoms with Gasteiger partial charge in [0.15, 0.2) is 0 Å². The van der Waals surface area contributed by atoms with E-state index in [1.54, 1.807) is 0 Å². The van der Waals surface area contributed by atoms with E-state index >= 15 is 0 Å². The number of hydrogen-bond acceptors (Lipinski definition) is 4. The summed E-state index contributed by atoms with van der Waals surface area (Å²) in [6.45, 7) is 0.177. The van der Waals surface area contributed by atoms with Crippen LogP contribution in [0.3, 0.4) is 0 Å². The van der Waals surface area contributed by atoms with Crippen molar-refractivity contribution in [3.63, 3.8) is 0 Å². The molecule has 0 bridgehead atoms. The van der Waals surface area contributed by atoms with Crippen molar-refractivity contribution in [2.45, 2.75) is 19.1 Å². The third-order valence-electron chi connectivity index (χ3n) is 3.32. The lowest BCUT2D eigenvalue weighted by molar-refractivity contribution is -0.140. The second-order valence-electron chi connectivity index (χ2n) is 5.17. The van der Waals surface area contributed by atoms with Crippen LogP contribution >= 0.6 is 0 Å². The Kier molecular flexibility index (Phi) is 6.58. The standard InChI is InChI=1S/C19H19NO4/c21-18(24-14-16-9-5-2-6-10-16)11-12-20-17(19(22)23)13-15-7-3-1-4-8-15/h1-12,17,20H,13-14H2,(H,22,23)/t17-/m0/s1. The van der Waals surface area contributed by atoms with Gasteiger partial charge >= 0.3 is 11.9 Å². The summed E-state index contributed by atoms with van der Waals surface area (Å²) in [7, 11) is 0. The minimum absolute atomic E-state index is 0.177. The van der Waals surface area contributed by atoms with E-state index in [9.17, 15) is 14.7 Å². The molecular formula is C19H19NO4. The van der Waals surface area contributed by atoms with Crippen LogP contribution in [-0.4, -0.2) is 23.1 Å². The summed E-state index contributed by atoms with van der Waals surface area (Å²) < 4.78 is 5.08. The number of carbonyl (C=O) groups is 2. The van der Waals surface area contributed by atoms with Crippen molar-refractivity contribution >= 4 is 11.9 Å². The molecule has 5 heteroatoms. The maximum Gasteiger partial charge on any atom is 0.332 e. The molecule has 0 saturated carbocycles. The molecule has 2 aromatic rings. The molecule has 5 nitrogen and oxygen atoms in total. The number of esters is 1. The Hall–Kier alpha value is -3.08. The molecule has 0 heterocycles. The Balaban J connectivity index is 1.81. The second-order valence-corrected chi connectivity index (χ2v) is 5.17. The molecule has 1 atom stereocenters. The van der Waals surface area contributed by atoms with Crippen molar-refractivity contribution < 1.29 is 19.4 Å². The number of rotatable bonds is 8. The minimum atomic E-state index is -0.985. The van der Waals surface area contributed by atoms with Gasteiger partial charge in [0.05, 0.1) is 0 Å². The molecule has 0 amide bonds. The van der Waals surface area contributed by atoms with Gasteiger partial charge in [-0.15, -0.1) is 0 Å². The number of hydrogen-bond donors (Lipinski definition) is 2. The summed E-state index contributed by atoms with van der Waals surface area (Å²) in [5.74, 6) is -1.52. The van der Waals surface area contributed by atoms with Crippen molar-refractivity contribution in [1.82, 2.24) is 5.32 Å². The van der Waals surface area contributed by atoms with Crippen molar-refractivity contribution in [2.75, 3.05) is 0 Å². The van der Waals surface area contributed by atoms with Crippen LogP contribution in [0.15, 0.2) is 72.9 Å². The molecule has 0 aromatic heterocycles. The van der Waals surface area contributed by atoms with Crippen LogP contribution in [0.1, 0.15) is 11.1 Å². The monoisotopic (exact) mass is 325 g/mol. The Labute approximate surface area is 140 Å². The lowest BCUT2D eigenvalue weighted by Gasteiger charge is -2.12. The number of nitrogens with one attached hydrogen (secondary N) is 1. The molecule has 0 aliphatic carbocycles. The molecule has 0 aliphatic rings. The van der Waals surface area contributed by atoms with E-state index in [1.807, 2.05) is 60.7 Å². The van der Waals surface area contributed by atoms with Gasteiger partial charge in [-0.1, -0.05) is 60.7 Å². The Bertz CT molecular complexity index is 683. The second kappa shape index (κ2) is 9.15. The number of ether oxygens (including phenoxy) is 1. The highest BCUT2D eigenvalue weighted by Gasteiger charge is 2.15. The fourth-order valence-electron chi connectivity index (χ4n) is 2.08. The van der Waals surface area contributed by atoms with Crippen LogP contribution in [0.25, 0.3) is 0 Å². The van der Waals surface area contributed by atoms with Gasteiger partial charge in [0.25, 0.3) is 0 Å². The zero-order chi connectivity index (χ0) is 17.2. The average Bonchev–Trinajstić information content (AvgIpc) is 2.61. The molecule has 0 aliphatic heterocycles. The van der Waals surface area contributed by atoms with E-state index < -0.39 is 18.0 Å². The number of carbonyl (C=O) groups excluding carboxylic acids is 1. The first kappa shape index (κ1) is 17.3. The first-order valence-electron chi connectivity index (χ1n) is 7.55. The predicted octanol–water partition coefficient (Wildman–Crippen LogP) is 2.53. The van der Waals surface area contributed by atoms with Gasteiger partial charge in [0.1, 0.15) is 12.6 Å². The molecule has 124 valence electrons. The van der Waals surface area contributed by atoms with E-state index in [2.05, 4.69) is 5.32 Å². The zero-order valence-corrected chi connectivity index (χ0v) is 13.1. The van der Waals surface area contributed by atoms with Gasteiger partial charge in [-0.3, -0.25) is 0 Å². The molecule has 0 saturated heterocycles. The van der Waals surface area contributed by atoms with E-state index in [4.69, 9.17) is 4.74 Å². The predicted molar refractivity (Wildman–Crippen MR) is 90.1 cm³/mol. The van der Waals surface area contributed by atoms with E-state index in [-0.39, 0.29) is 6.61 Å². The molecule has 0 unspecified atom stereocenters. The van der Waals surface area contributed by atoms with Gasteiger partial charge in [-0.05, 0) is 11.1 Å². The SMILES string of the molecule is O=C(C=CN[C@@H](Cc1ccccc1)C(=O)O)OCc1ccccc1. The highest BCUT2D eigenvalue weighted by molar-refractivity contribution is 5.82. The molecule has 24 heavy (non-hydrogen) atoms. The lowest BCUT2D eigenvalue weighted by atomic mass is 10.1. The lowest BCUT2D eigenvalue weighted by Crippen LogP contribution is -2.35.